The van der Waals surface area contributed by atoms with Gasteiger partial charge in [-0.25, -0.2) is 0 Å². The van der Waals surface area contributed by atoms with Crippen molar-refractivity contribution in [1.82, 2.24) is 9.36 Å². The highest BCUT2D eigenvalue weighted by Crippen LogP contribution is 2.35. The Labute approximate surface area is 131 Å². The number of benzene rings is 1. The van der Waals surface area contributed by atoms with Crippen molar-refractivity contribution in [3.63, 3.8) is 0 Å². The molecule has 1 heterocycles. The van der Waals surface area contributed by atoms with Gasteiger partial charge in [-0.3, -0.25) is 0 Å². The molecule has 0 radical (unpaired) electrons. The van der Waals surface area contributed by atoms with Gasteiger partial charge in [-0.2, -0.15) is 9.36 Å². The van der Waals surface area contributed by atoms with Crippen LogP contribution in [0.1, 0.15) is 25.6 Å². The van der Waals surface area contributed by atoms with Crippen LogP contribution in [-0.4, -0.2) is 15.7 Å². The van der Waals surface area contributed by atoms with Gasteiger partial charge in [0.2, 0.25) is 0 Å². The van der Waals surface area contributed by atoms with E-state index in [9.17, 15) is 13.2 Å². The summed E-state index contributed by atoms with van der Waals surface area (Å²) in [6.45, 7) is 3.90. The summed E-state index contributed by atoms with van der Waals surface area (Å²) in [5.41, 5.74) is 0. The maximum atomic E-state index is 12.2. The topological polar surface area (TPSA) is 44.2 Å². The van der Waals surface area contributed by atoms with Crippen LogP contribution >= 0.6 is 27.5 Å². The van der Waals surface area contributed by atoms with E-state index >= 15 is 0 Å². The highest BCUT2D eigenvalue weighted by atomic mass is 79.9. The van der Waals surface area contributed by atoms with E-state index in [1.165, 1.54) is 12.1 Å². The fourth-order valence-corrected chi connectivity index (χ4v) is 2.48. The molecule has 0 spiro atoms. The molecule has 0 saturated carbocycles. The first-order valence-electron chi connectivity index (χ1n) is 5.81. The molecule has 0 aliphatic carbocycles. The van der Waals surface area contributed by atoms with Gasteiger partial charge in [-0.05, 0) is 34.1 Å². The van der Waals surface area contributed by atoms with Crippen LogP contribution in [0.3, 0.4) is 0 Å². The van der Waals surface area contributed by atoms with Gasteiger partial charge < -0.3 is 9.47 Å². The summed E-state index contributed by atoms with van der Waals surface area (Å²) in [6, 6.07) is 3.90. The van der Waals surface area contributed by atoms with E-state index in [1.54, 1.807) is 0 Å². The second-order valence-electron chi connectivity index (χ2n) is 4.32. The largest absolute Gasteiger partial charge is 0.573 e. The third-order valence-corrected chi connectivity index (χ3v) is 3.50. The van der Waals surface area contributed by atoms with Gasteiger partial charge in [0.05, 0.1) is 4.47 Å². The van der Waals surface area contributed by atoms with Gasteiger partial charge in [0.25, 0.3) is 5.19 Å². The molecule has 0 saturated heterocycles. The summed E-state index contributed by atoms with van der Waals surface area (Å²) in [5.74, 6) is 0.830. The zero-order chi connectivity index (χ0) is 15.6. The smallest absolute Gasteiger partial charge is 0.430 e. The van der Waals surface area contributed by atoms with E-state index in [1.807, 2.05) is 13.8 Å². The molecule has 2 rings (SSSR count). The van der Waals surface area contributed by atoms with E-state index in [0.29, 0.717) is 16.8 Å². The van der Waals surface area contributed by atoms with Crippen LogP contribution in [0.2, 0.25) is 0 Å². The highest BCUT2D eigenvalue weighted by molar-refractivity contribution is 9.10. The maximum Gasteiger partial charge on any atom is 0.573 e. The Bertz CT molecular complexity index is 631. The lowest BCUT2D eigenvalue weighted by atomic mass is 10.2. The third-order valence-electron chi connectivity index (χ3n) is 2.27. The first-order chi connectivity index (χ1) is 9.74. The molecule has 0 amide bonds. The number of ether oxygens (including phenoxy) is 2. The van der Waals surface area contributed by atoms with Gasteiger partial charge >= 0.3 is 6.36 Å². The molecule has 0 N–H and O–H groups in total. The third kappa shape index (κ3) is 4.57. The Morgan fingerprint density at radius 3 is 2.52 bits per heavy atom. The fourth-order valence-electron chi connectivity index (χ4n) is 1.35. The van der Waals surface area contributed by atoms with Crippen LogP contribution < -0.4 is 9.47 Å². The zero-order valence-corrected chi connectivity index (χ0v) is 13.3. The average Bonchev–Trinajstić information content (AvgIpc) is 2.80. The van der Waals surface area contributed by atoms with E-state index in [2.05, 4.69) is 30.0 Å². The fraction of sp³-hybridized carbons (Fsp3) is 0.333. The van der Waals surface area contributed by atoms with Crippen molar-refractivity contribution in [2.45, 2.75) is 26.1 Å². The molecule has 114 valence electrons. The van der Waals surface area contributed by atoms with Crippen molar-refractivity contribution >= 4 is 27.5 Å². The lowest BCUT2D eigenvalue weighted by molar-refractivity contribution is -0.274. The van der Waals surface area contributed by atoms with Crippen LogP contribution in [0.5, 0.6) is 16.7 Å². The molecule has 0 aliphatic heterocycles. The minimum atomic E-state index is -4.74. The first-order valence-corrected chi connectivity index (χ1v) is 7.38. The number of halogens is 4. The molecule has 9 heteroatoms. The number of rotatable bonds is 4. The zero-order valence-electron chi connectivity index (χ0n) is 10.9. The summed E-state index contributed by atoms with van der Waals surface area (Å²) in [7, 11) is 0. The lowest BCUT2D eigenvalue weighted by Gasteiger charge is -2.11. The maximum absolute atomic E-state index is 12.2. The van der Waals surface area contributed by atoms with Gasteiger partial charge in [0, 0.05) is 17.5 Å². The van der Waals surface area contributed by atoms with E-state index in [-0.39, 0.29) is 16.1 Å². The van der Waals surface area contributed by atoms with Crippen molar-refractivity contribution in [2.24, 2.45) is 0 Å². The average molecular weight is 383 g/mol. The second kappa shape index (κ2) is 6.18. The summed E-state index contributed by atoms with van der Waals surface area (Å²) >= 11 is 4.09. The number of hydrogen-bond acceptors (Lipinski definition) is 5. The molecule has 0 fully saturated rings. The van der Waals surface area contributed by atoms with Crippen LogP contribution in [0.15, 0.2) is 22.7 Å². The van der Waals surface area contributed by atoms with Crippen molar-refractivity contribution in [1.29, 1.82) is 0 Å². The van der Waals surface area contributed by atoms with Crippen molar-refractivity contribution in [3.8, 4) is 16.7 Å². The highest BCUT2D eigenvalue weighted by Gasteiger charge is 2.32. The number of aromatic nitrogens is 2. The number of nitrogens with zero attached hydrogens (tertiary/aromatic N) is 2. The summed E-state index contributed by atoms with van der Waals surface area (Å²) in [5, 5.41) is 0.329. The Morgan fingerprint density at radius 2 is 2.00 bits per heavy atom. The molecule has 0 bridgehead atoms. The van der Waals surface area contributed by atoms with Crippen molar-refractivity contribution in [3.05, 3.63) is 28.5 Å². The first kappa shape index (κ1) is 16.0. The molecule has 0 unspecified atom stereocenters. The van der Waals surface area contributed by atoms with Crippen LogP contribution in [0.25, 0.3) is 0 Å². The Morgan fingerprint density at radius 1 is 1.29 bits per heavy atom. The quantitative estimate of drug-likeness (QED) is 0.736. The standard InChI is InChI=1S/C12H10BrF3N2O2S/c1-6(2)10-17-11(21-18-10)19-7-3-4-9(8(13)5-7)20-12(14,15)16/h3-6H,1-2H3. The molecule has 0 aliphatic rings. The molecule has 2 aromatic rings. The lowest BCUT2D eigenvalue weighted by Crippen LogP contribution is -2.17. The Kier molecular flexibility index (Phi) is 4.72. The Balaban J connectivity index is 2.12. The second-order valence-corrected chi connectivity index (χ2v) is 5.88. The predicted octanol–water partition coefficient (Wildman–Crippen LogP) is 5.11. The van der Waals surface area contributed by atoms with Gasteiger partial charge in [-0.15, -0.1) is 13.2 Å². The van der Waals surface area contributed by atoms with Crippen LogP contribution in [0, 0.1) is 0 Å². The summed E-state index contributed by atoms with van der Waals surface area (Å²) in [6.07, 6.45) is -4.74. The van der Waals surface area contributed by atoms with E-state index in [0.717, 1.165) is 17.6 Å². The van der Waals surface area contributed by atoms with Crippen molar-refractivity contribution in [2.75, 3.05) is 0 Å². The van der Waals surface area contributed by atoms with Gasteiger partial charge in [-0.1, -0.05) is 13.8 Å². The normalized spacial score (nSPS) is 11.8. The SMILES string of the molecule is CC(C)c1nsc(Oc2ccc(OC(F)(F)F)c(Br)c2)n1. The van der Waals surface area contributed by atoms with Crippen molar-refractivity contribution < 1.29 is 22.6 Å². The molecule has 4 nitrogen and oxygen atoms in total. The molecule has 1 aromatic heterocycles. The van der Waals surface area contributed by atoms with Crippen LogP contribution in [0.4, 0.5) is 13.2 Å². The number of alkyl halides is 3. The monoisotopic (exact) mass is 382 g/mol. The molecule has 0 atom stereocenters. The van der Waals surface area contributed by atoms with Crippen LogP contribution in [-0.2, 0) is 0 Å². The minimum Gasteiger partial charge on any atom is -0.430 e. The van der Waals surface area contributed by atoms with E-state index < -0.39 is 6.36 Å². The minimum absolute atomic E-state index is 0.130. The number of hydrogen-bond donors (Lipinski definition) is 0. The predicted molar refractivity (Wildman–Crippen MR) is 74.9 cm³/mol. The summed E-state index contributed by atoms with van der Waals surface area (Å²) in [4.78, 5) is 4.18. The molecular weight excluding hydrogens is 373 g/mol. The van der Waals surface area contributed by atoms with Gasteiger partial charge in [0.1, 0.15) is 17.3 Å². The summed E-state index contributed by atoms with van der Waals surface area (Å²) < 4.78 is 50.0. The molecule has 1 aromatic carbocycles. The Hall–Kier alpha value is -1.35. The molecular formula is C12H10BrF3N2O2S. The van der Waals surface area contributed by atoms with E-state index in [4.69, 9.17) is 4.74 Å². The molecule has 21 heavy (non-hydrogen) atoms. The van der Waals surface area contributed by atoms with Gasteiger partial charge in [0.15, 0.2) is 0 Å².